The number of aromatic nitrogens is 1. The summed E-state index contributed by atoms with van der Waals surface area (Å²) in [5.74, 6) is -1.30. The van der Waals surface area contributed by atoms with Gasteiger partial charge in [0.05, 0.1) is 5.52 Å². The Balaban J connectivity index is 1.33. The highest BCUT2D eigenvalue weighted by Crippen LogP contribution is 2.48. The maximum Gasteiger partial charge on any atom is 0.294 e. The highest BCUT2D eigenvalue weighted by Gasteiger charge is 2.61. The number of carbonyl (C=O) groups excluding carboxylic acids is 3. The second kappa shape index (κ2) is 13.7. The van der Waals surface area contributed by atoms with Crippen molar-refractivity contribution < 1.29 is 28.2 Å². The van der Waals surface area contributed by atoms with Gasteiger partial charge in [-0.1, -0.05) is 56.7 Å². The minimum absolute atomic E-state index is 0.169. The van der Waals surface area contributed by atoms with Gasteiger partial charge in [0.2, 0.25) is 17.7 Å². The van der Waals surface area contributed by atoms with Gasteiger partial charge < -0.3 is 20.1 Å². The first-order valence-electron chi connectivity index (χ1n) is 16.7. The highest BCUT2D eigenvalue weighted by molar-refractivity contribution is 6.07. The third kappa shape index (κ3) is 6.68. The molecule has 0 bridgehead atoms. The standard InChI is InChI=1S/C38H42FN3O5/c1-4-28-23(2)12-8-6-5-7-9-13-25-21-38(25,37(45)40-24(3)46-22-43)42-35(44)33-20-27(19-32(28)33)47-36-31-15-11-10-14-29(31)30-17-16-26(39)18-34(30)41-36/h9-11,13-18,22-25,27,32-33H,1,5-8,12,19-21H2,2-3H3,(H,40,45)(H,42,44)/b13-9-/t23-,24?,25?,27-,32?,33?,38?/m0/s1. The fourth-order valence-electron chi connectivity index (χ4n) is 7.57. The Labute approximate surface area is 274 Å². The summed E-state index contributed by atoms with van der Waals surface area (Å²) in [7, 11) is 0. The van der Waals surface area contributed by atoms with E-state index in [2.05, 4.69) is 35.9 Å². The van der Waals surface area contributed by atoms with Crippen LogP contribution in [0, 0.1) is 29.5 Å². The highest BCUT2D eigenvalue weighted by atomic mass is 19.1. The van der Waals surface area contributed by atoms with Crippen molar-refractivity contribution in [2.75, 3.05) is 0 Å². The summed E-state index contributed by atoms with van der Waals surface area (Å²) >= 11 is 0. The van der Waals surface area contributed by atoms with Crippen molar-refractivity contribution in [1.82, 2.24) is 15.6 Å². The zero-order valence-electron chi connectivity index (χ0n) is 27.0. The monoisotopic (exact) mass is 639 g/mol. The maximum atomic E-state index is 14.3. The summed E-state index contributed by atoms with van der Waals surface area (Å²) in [6, 6.07) is 12.3. The summed E-state index contributed by atoms with van der Waals surface area (Å²) in [6.07, 6.45) is 9.36. The molecule has 0 saturated heterocycles. The van der Waals surface area contributed by atoms with Gasteiger partial charge in [-0.15, -0.1) is 5.73 Å². The quantitative estimate of drug-likeness (QED) is 0.103. The molecule has 3 aromatic rings. The van der Waals surface area contributed by atoms with Gasteiger partial charge >= 0.3 is 0 Å². The molecule has 6 rings (SSSR count). The van der Waals surface area contributed by atoms with Crippen molar-refractivity contribution in [3.05, 3.63) is 78.3 Å². The van der Waals surface area contributed by atoms with E-state index in [1.54, 1.807) is 13.0 Å². The molecule has 2 N–H and O–H groups in total. The zero-order valence-corrected chi connectivity index (χ0v) is 27.0. The normalized spacial score (nSPS) is 29.2. The molecule has 1 aromatic heterocycles. The second-order valence-electron chi connectivity index (χ2n) is 13.3. The average Bonchev–Trinajstić information content (AvgIpc) is 3.59. The molecular formula is C38H42FN3O5. The zero-order chi connectivity index (χ0) is 33.1. The molecule has 2 heterocycles. The number of hydrogen-bond acceptors (Lipinski definition) is 6. The van der Waals surface area contributed by atoms with Crippen LogP contribution in [0.3, 0.4) is 0 Å². The lowest BCUT2D eigenvalue weighted by Crippen LogP contribution is -2.54. The number of fused-ring (bicyclic) bond motifs is 5. The maximum absolute atomic E-state index is 14.3. The molecule has 3 aliphatic rings. The first kappa shape index (κ1) is 32.5. The number of ether oxygens (including phenoxy) is 2. The van der Waals surface area contributed by atoms with Crippen LogP contribution >= 0.6 is 0 Å². The molecule has 9 heteroatoms. The largest absolute Gasteiger partial charge is 0.474 e. The number of rotatable bonds is 6. The van der Waals surface area contributed by atoms with E-state index in [-0.39, 0.29) is 41.5 Å². The number of halogens is 1. The molecule has 47 heavy (non-hydrogen) atoms. The van der Waals surface area contributed by atoms with E-state index in [4.69, 9.17) is 14.5 Å². The number of carbonyl (C=O) groups is 3. The Morgan fingerprint density at radius 3 is 2.72 bits per heavy atom. The van der Waals surface area contributed by atoms with Gasteiger partial charge in [0.25, 0.3) is 6.47 Å². The summed E-state index contributed by atoms with van der Waals surface area (Å²) < 4.78 is 25.8. The predicted molar refractivity (Wildman–Crippen MR) is 178 cm³/mol. The molecule has 0 spiro atoms. The number of allylic oxidation sites excluding steroid dienone is 2. The Morgan fingerprint density at radius 1 is 1.15 bits per heavy atom. The third-order valence-electron chi connectivity index (χ3n) is 10.1. The minimum Gasteiger partial charge on any atom is -0.474 e. The molecule has 8 nitrogen and oxygen atoms in total. The Hall–Kier alpha value is -4.49. The fourth-order valence-corrected chi connectivity index (χ4v) is 7.57. The van der Waals surface area contributed by atoms with Gasteiger partial charge in [0.1, 0.15) is 17.5 Å². The first-order valence-corrected chi connectivity index (χ1v) is 16.7. The van der Waals surface area contributed by atoms with Gasteiger partial charge in [-0.25, -0.2) is 9.37 Å². The minimum atomic E-state index is -1.14. The van der Waals surface area contributed by atoms with E-state index in [1.165, 1.54) is 12.1 Å². The smallest absolute Gasteiger partial charge is 0.294 e. The molecule has 5 unspecified atom stereocenters. The van der Waals surface area contributed by atoms with Crippen molar-refractivity contribution in [3.63, 3.8) is 0 Å². The SMILES string of the molecule is C=C=C1C2C[C@H](Oc3nc4cc(F)ccc4c4ccccc34)CC2C(=O)NC2(C(=O)NC(C)OC=O)CC2/C=C\CCCCC[C@@H]1C. The number of nitrogens with one attached hydrogen (secondary N) is 2. The fraction of sp³-hybridized carbons (Fsp3) is 0.447. The summed E-state index contributed by atoms with van der Waals surface area (Å²) in [6.45, 7) is 8.08. The van der Waals surface area contributed by atoms with Gasteiger partial charge in [0, 0.05) is 34.6 Å². The van der Waals surface area contributed by atoms with Crippen LogP contribution in [0.15, 0.2) is 72.5 Å². The van der Waals surface area contributed by atoms with E-state index in [9.17, 15) is 18.8 Å². The Kier molecular flexibility index (Phi) is 9.46. The third-order valence-corrected chi connectivity index (χ3v) is 10.1. The van der Waals surface area contributed by atoms with E-state index >= 15 is 0 Å². The molecule has 0 radical (unpaired) electrons. The Bertz CT molecular complexity index is 1770. The van der Waals surface area contributed by atoms with E-state index in [1.807, 2.05) is 30.3 Å². The Morgan fingerprint density at radius 2 is 1.94 bits per heavy atom. The van der Waals surface area contributed by atoms with Crippen molar-refractivity contribution in [1.29, 1.82) is 0 Å². The van der Waals surface area contributed by atoms with Crippen LogP contribution in [0.1, 0.15) is 65.2 Å². The van der Waals surface area contributed by atoms with Gasteiger partial charge in [-0.3, -0.25) is 14.4 Å². The number of amides is 2. The van der Waals surface area contributed by atoms with Gasteiger partial charge in [-0.2, -0.15) is 0 Å². The molecular weight excluding hydrogens is 597 g/mol. The van der Waals surface area contributed by atoms with Gasteiger partial charge in [0.15, 0.2) is 6.23 Å². The lowest BCUT2D eigenvalue weighted by Gasteiger charge is -2.27. The molecule has 246 valence electrons. The van der Waals surface area contributed by atoms with E-state index < -0.39 is 17.7 Å². The van der Waals surface area contributed by atoms with Crippen LogP contribution in [-0.2, 0) is 19.1 Å². The molecule has 2 saturated carbocycles. The average molecular weight is 640 g/mol. The summed E-state index contributed by atoms with van der Waals surface area (Å²) in [4.78, 5) is 43.5. The van der Waals surface area contributed by atoms with Crippen LogP contribution in [-0.4, -0.2) is 41.1 Å². The lowest BCUT2D eigenvalue weighted by atomic mass is 9.80. The number of hydrogen-bond donors (Lipinski definition) is 2. The molecule has 7 atom stereocenters. The molecule has 2 fully saturated rings. The van der Waals surface area contributed by atoms with E-state index in [0.29, 0.717) is 37.1 Å². The van der Waals surface area contributed by atoms with Crippen molar-refractivity contribution in [2.24, 2.45) is 23.7 Å². The predicted octanol–water partition coefficient (Wildman–Crippen LogP) is 6.68. The van der Waals surface area contributed by atoms with Crippen molar-refractivity contribution >= 4 is 40.0 Å². The van der Waals surface area contributed by atoms with Crippen molar-refractivity contribution in [2.45, 2.75) is 83.1 Å². The van der Waals surface area contributed by atoms with Crippen molar-refractivity contribution in [3.8, 4) is 5.88 Å². The van der Waals surface area contributed by atoms with Crippen LogP contribution < -0.4 is 15.4 Å². The van der Waals surface area contributed by atoms with Crippen LogP contribution in [0.4, 0.5) is 4.39 Å². The van der Waals surface area contributed by atoms with Gasteiger partial charge in [-0.05, 0) is 80.5 Å². The lowest BCUT2D eigenvalue weighted by molar-refractivity contribution is -0.140. The number of benzene rings is 2. The molecule has 1 aliphatic heterocycles. The number of nitrogens with zero attached hydrogens (tertiary/aromatic N) is 1. The van der Waals surface area contributed by atoms with Crippen LogP contribution in [0.2, 0.25) is 0 Å². The molecule has 2 aromatic carbocycles. The topological polar surface area (TPSA) is 107 Å². The second-order valence-corrected chi connectivity index (χ2v) is 13.3. The number of pyridine rings is 1. The molecule has 2 aliphatic carbocycles. The summed E-state index contributed by atoms with van der Waals surface area (Å²) in [5.41, 5.74) is 3.57. The van der Waals surface area contributed by atoms with Crippen LogP contribution in [0.5, 0.6) is 5.88 Å². The first-order chi connectivity index (χ1) is 22.7. The van der Waals surface area contributed by atoms with E-state index in [0.717, 1.165) is 53.8 Å². The molecule has 2 amide bonds. The summed E-state index contributed by atoms with van der Waals surface area (Å²) in [5, 5.41) is 8.43. The van der Waals surface area contributed by atoms with Crippen LogP contribution in [0.25, 0.3) is 21.7 Å².